The number of nitrogens with two attached hydrogens (primary N) is 1. The molecule has 0 radical (unpaired) electrons. The third-order valence-corrected chi connectivity index (χ3v) is 4.51. The Morgan fingerprint density at radius 1 is 1.17 bits per heavy atom. The van der Waals surface area contributed by atoms with E-state index in [1.807, 2.05) is 26.0 Å². The molecule has 30 heavy (non-hydrogen) atoms. The van der Waals surface area contributed by atoms with Gasteiger partial charge in [0.2, 0.25) is 5.91 Å². The second kappa shape index (κ2) is 8.44. The molecule has 0 spiro atoms. The Bertz CT molecular complexity index is 968. The number of carbonyl (C=O) groups is 3. The van der Waals surface area contributed by atoms with Crippen LogP contribution in [0.15, 0.2) is 42.5 Å². The summed E-state index contributed by atoms with van der Waals surface area (Å²) in [6.07, 6.45) is -0.282. The average Bonchev–Trinajstić information content (AvgIpc) is 3.01. The fourth-order valence-electron chi connectivity index (χ4n) is 3.08. The van der Waals surface area contributed by atoms with E-state index in [1.165, 1.54) is 31.2 Å². The number of fused-ring (bicyclic) bond motifs is 1. The Hall–Kier alpha value is -3.55. The van der Waals surface area contributed by atoms with Crippen molar-refractivity contribution in [3.05, 3.63) is 53.6 Å². The molecule has 158 valence electrons. The second-order valence-corrected chi connectivity index (χ2v) is 7.63. The number of carbonyl (C=O) groups excluding carboxylic acids is 3. The van der Waals surface area contributed by atoms with Crippen molar-refractivity contribution in [1.29, 1.82) is 0 Å². The number of hydrogen-bond donors (Lipinski definition) is 2. The molecule has 3 N–H and O–H groups in total. The largest absolute Gasteiger partial charge is 0.483 e. The van der Waals surface area contributed by atoms with Crippen LogP contribution in [0.2, 0.25) is 0 Å². The molecule has 3 rings (SSSR count). The van der Waals surface area contributed by atoms with Crippen molar-refractivity contribution in [3.63, 3.8) is 0 Å². The standard InChI is InChI=1S/C22H24N2O6/c1-13(21(27)24-16-9-7-14(8-10-16)20(23)26)29-18(25)12-28-17-6-4-5-15-11-22(2,3)30-19(15)17/h4-10,13H,11-12H2,1-3H3,(H2,23,26)(H,24,27). The van der Waals surface area contributed by atoms with Gasteiger partial charge in [-0.25, -0.2) is 4.79 Å². The van der Waals surface area contributed by atoms with E-state index in [-0.39, 0.29) is 12.2 Å². The molecule has 1 aliphatic heterocycles. The predicted octanol–water partition coefficient (Wildman–Crippen LogP) is 2.45. The normalized spacial score (nSPS) is 14.8. The lowest BCUT2D eigenvalue weighted by Gasteiger charge is -2.18. The van der Waals surface area contributed by atoms with E-state index in [0.29, 0.717) is 22.7 Å². The van der Waals surface area contributed by atoms with Gasteiger partial charge in [-0.2, -0.15) is 0 Å². The van der Waals surface area contributed by atoms with E-state index in [1.54, 1.807) is 6.07 Å². The van der Waals surface area contributed by atoms with E-state index in [4.69, 9.17) is 19.9 Å². The molecule has 0 aromatic heterocycles. The quantitative estimate of drug-likeness (QED) is 0.675. The summed E-state index contributed by atoms with van der Waals surface area (Å²) in [7, 11) is 0. The summed E-state index contributed by atoms with van der Waals surface area (Å²) in [5.41, 5.74) is 6.64. The first kappa shape index (κ1) is 21.2. The Balaban J connectivity index is 1.51. The minimum absolute atomic E-state index is 0.324. The molecule has 2 aromatic carbocycles. The van der Waals surface area contributed by atoms with E-state index in [9.17, 15) is 14.4 Å². The van der Waals surface area contributed by atoms with Gasteiger partial charge in [-0.05, 0) is 51.1 Å². The smallest absolute Gasteiger partial charge is 0.344 e. The number of ether oxygens (including phenoxy) is 3. The third-order valence-electron chi connectivity index (χ3n) is 4.51. The molecule has 2 aromatic rings. The Morgan fingerprint density at radius 3 is 2.53 bits per heavy atom. The Kier molecular flexibility index (Phi) is 5.96. The van der Waals surface area contributed by atoms with Gasteiger partial charge in [-0.1, -0.05) is 12.1 Å². The topological polar surface area (TPSA) is 117 Å². The molecule has 0 saturated carbocycles. The van der Waals surface area contributed by atoms with Crippen molar-refractivity contribution in [2.75, 3.05) is 11.9 Å². The molecule has 0 fully saturated rings. The highest BCUT2D eigenvalue weighted by molar-refractivity contribution is 5.96. The van der Waals surface area contributed by atoms with Gasteiger partial charge in [0.05, 0.1) is 0 Å². The van der Waals surface area contributed by atoms with Crippen LogP contribution in [-0.2, 0) is 20.7 Å². The molecule has 8 heteroatoms. The molecule has 2 amide bonds. The Morgan fingerprint density at radius 2 is 1.87 bits per heavy atom. The minimum atomic E-state index is -1.03. The lowest BCUT2D eigenvalue weighted by Crippen LogP contribution is -2.31. The molecule has 8 nitrogen and oxygen atoms in total. The summed E-state index contributed by atoms with van der Waals surface area (Å²) >= 11 is 0. The molecular formula is C22H24N2O6. The molecular weight excluding hydrogens is 388 g/mol. The van der Waals surface area contributed by atoms with Crippen molar-refractivity contribution in [1.82, 2.24) is 0 Å². The van der Waals surface area contributed by atoms with Crippen molar-refractivity contribution in [3.8, 4) is 11.5 Å². The summed E-state index contributed by atoms with van der Waals surface area (Å²) < 4.78 is 16.6. The highest BCUT2D eigenvalue weighted by Gasteiger charge is 2.32. The van der Waals surface area contributed by atoms with Gasteiger partial charge in [-0.3, -0.25) is 9.59 Å². The highest BCUT2D eigenvalue weighted by atomic mass is 16.6. The fourth-order valence-corrected chi connectivity index (χ4v) is 3.08. The van der Waals surface area contributed by atoms with Gasteiger partial charge in [0.25, 0.3) is 5.91 Å². The fraction of sp³-hybridized carbons (Fsp3) is 0.318. The maximum Gasteiger partial charge on any atom is 0.344 e. The SMILES string of the molecule is CC(OC(=O)COc1cccc2c1OC(C)(C)C2)C(=O)Nc1ccc(C(N)=O)cc1. The zero-order chi connectivity index (χ0) is 21.9. The van der Waals surface area contributed by atoms with Crippen molar-refractivity contribution < 1.29 is 28.6 Å². The number of hydrogen-bond acceptors (Lipinski definition) is 6. The maximum absolute atomic E-state index is 12.2. The van der Waals surface area contributed by atoms with Crippen LogP contribution in [0.1, 0.15) is 36.7 Å². The number of rotatable bonds is 7. The van der Waals surface area contributed by atoms with Crippen molar-refractivity contribution >= 4 is 23.5 Å². The maximum atomic E-state index is 12.2. The number of esters is 1. The first-order valence-electron chi connectivity index (χ1n) is 9.48. The van der Waals surface area contributed by atoms with Crippen LogP contribution in [0.5, 0.6) is 11.5 Å². The zero-order valence-corrected chi connectivity index (χ0v) is 17.1. The third kappa shape index (κ3) is 5.08. The molecule has 1 aliphatic rings. The monoisotopic (exact) mass is 412 g/mol. The van der Waals surface area contributed by atoms with Crippen LogP contribution in [0.3, 0.4) is 0 Å². The molecule has 0 bridgehead atoms. The zero-order valence-electron chi connectivity index (χ0n) is 17.1. The lowest BCUT2D eigenvalue weighted by molar-refractivity contribution is -0.155. The van der Waals surface area contributed by atoms with Crippen LogP contribution in [-0.4, -0.2) is 36.1 Å². The van der Waals surface area contributed by atoms with Gasteiger partial charge < -0.3 is 25.3 Å². The number of anilines is 1. The average molecular weight is 412 g/mol. The van der Waals surface area contributed by atoms with Crippen LogP contribution in [0, 0.1) is 0 Å². The number of para-hydroxylation sites is 1. The van der Waals surface area contributed by atoms with Gasteiger partial charge in [-0.15, -0.1) is 0 Å². The van der Waals surface area contributed by atoms with Crippen molar-refractivity contribution in [2.24, 2.45) is 5.73 Å². The van der Waals surface area contributed by atoms with Gasteiger partial charge >= 0.3 is 5.97 Å². The number of primary amides is 1. The van der Waals surface area contributed by atoms with E-state index in [2.05, 4.69) is 5.32 Å². The second-order valence-electron chi connectivity index (χ2n) is 7.63. The first-order chi connectivity index (χ1) is 14.1. The van der Waals surface area contributed by atoms with Crippen molar-refractivity contribution in [2.45, 2.75) is 38.9 Å². The van der Waals surface area contributed by atoms with Crippen LogP contribution < -0.4 is 20.5 Å². The number of nitrogens with one attached hydrogen (secondary N) is 1. The predicted molar refractivity (Wildman–Crippen MR) is 109 cm³/mol. The number of benzene rings is 2. The van der Waals surface area contributed by atoms with E-state index < -0.39 is 23.9 Å². The Labute approximate surface area is 174 Å². The summed E-state index contributed by atoms with van der Waals surface area (Å²) in [5.74, 6) is -0.673. The highest BCUT2D eigenvalue weighted by Crippen LogP contribution is 2.41. The summed E-state index contributed by atoms with van der Waals surface area (Å²) in [6, 6.07) is 11.6. The lowest BCUT2D eigenvalue weighted by atomic mass is 10.0. The van der Waals surface area contributed by atoms with Gasteiger partial charge in [0.15, 0.2) is 24.2 Å². The van der Waals surface area contributed by atoms with Crippen LogP contribution in [0.25, 0.3) is 0 Å². The summed E-state index contributed by atoms with van der Waals surface area (Å²) in [4.78, 5) is 35.4. The molecule has 1 unspecified atom stereocenters. The molecule has 1 atom stereocenters. The summed E-state index contributed by atoms with van der Waals surface area (Å²) in [5, 5.41) is 2.60. The summed E-state index contributed by atoms with van der Waals surface area (Å²) in [6.45, 7) is 5.06. The molecule has 1 heterocycles. The minimum Gasteiger partial charge on any atom is -0.483 e. The number of amides is 2. The van der Waals surface area contributed by atoms with Gasteiger partial charge in [0.1, 0.15) is 5.60 Å². The van der Waals surface area contributed by atoms with Crippen LogP contribution >= 0.6 is 0 Å². The van der Waals surface area contributed by atoms with E-state index in [0.717, 1.165) is 12.0 Å². The molecule has 0 saturated heterocycles. The van der Waals surface area contributed by atoms with Gasteiger partial charge in [0, 0.05) is 23.2 Å². The van der Waals surface area contributed by atoms with Crippen LogP contribution in [0.4, 0.5) is 5.69 Å². The molecule has 0 aliphatic carbocycles. The van der Waals surface area contributed by atoms with E-state index >= 15 is 0 Å². The first-order valence-corrected chi connectivity index (χ1v) is 9.48.